The highest BCUT2D eigenvalue weighted by atomic mass is 16.6. The van der Waals surface area contributed by atoms with Gasteiger partial charge in [0.15, 0.2) is 0 Å². The standard InChI is InChI=1S/C22H21N5O3/c28-22(16-4-3-5-17(14-16)27(29)30)26-12-10-25(11-13-26)21-18-6-1-2-7-19(18)23-20(24-21)15-8-9-15/h1-7,14-15H,8-13H2. The normalized spacial score (nSPS) is 16.7. The van der Waals surface area contributed by atoms with Gasteiger partial charge in [0.1, 0.15) is 11.6 Å². The first-order chi connectivity index (χ1) is 14.6. The van der Waals surface area contributed by atoms with E-state index < -0.39 is 4.92 Å². The predicted molar refractivity (Wildman–Crippen MR) is 113 cm³/mol. The molecule has 0 unspecified atom stereocenters. The van der Waals surface area contributed by atoms with E-state index in [4.69, 9.17) is 9.97 Å². The third kappa shape index (κ3) is 3.45. The minimum absolute atomic E-state index is 0.0699. The van der Waals surface area contributed by atoms with E-state index in [2.05, 4.69) is 4.90 Å². The van der Waals surface area contributed by atoms with Gasteiger partial charge in [-0.2, -0.15) is 0 Å². The average Bonchev–Trinajstić information content (AvgIpc) is 3.63. The molecule has 0 spiro atoms. The number of piperazine rings is 1. The summed E-state index contributed by atoms with van der Waals surface area (Å²) in [6.45, 7) is 2.40. The number of nitro benzene ring substituents is 1. The van der Waals surface area contributed by atoms with Crippen LogP contribution >= 0.6 is 0 Å². The summed E-state index contributed by atoms with van der Waals surface area (Å²) in [6.07, 6.45) is 2.28. The Morgan fingerprint density at radius 1 is 1.00 bits per heavy atom. The second kappa shape index (κ2) is 7.37. The fourth-order valence-electron chi connectivity index (χ4n) is 3.90. The first kappa shape index (κ1) is 18.5. The van der Waals surface area contributed by atoms with Gasteiger partial charge in [-0.3, -0.25) is 14.9 Å². The Labute approximate surface area is 173 Å². The molecule has 0 bridgehead atoms. The SMILES string of the molecule is O=C(c1cccc([N+](=O)[O-])c1)N1CCN(c2nc(C3CC3)nc3ccccc23)CC1. The zero-order valence-electron chi connectivity index (χ0n) is 16.4. The summed E-state index contributed by atoms with van der Waals surface area (Å²) in [6, 6.07) is 14.0. The van der Waals surface area contributed by atoms with Crippen molar-refractivity contribution in [2.75, 3.05) is 31.1 Å². The molecule has 3 aromatic rings. The lowest BCUT2D eigenvalue weighted by atomic mass is 10.1. The Morgan fingerprint density at radius 3 is 2.50 bits per heavy atom. The van der Waals surface area contributed by atoms with Crippen LogP contribution in [0.1, 0.15) is 34.9 Å². The third-order valence-electron chi connectivity index (χ3n) is 5.71. The number of amides is 1. The van der Waals surface area contributed by atoms with Crippen LogP contribution in [0.4, 0.5) is 11.5 Å². The van der Waals surface area contributed by atoms with Gasteiger partial charge in [-0.05, 0) is 31.0 Å². The number of para-hydroxylation sites is 1. The van der Waals surface area contributed by atoms with Crippen molar-refractivity contribution in [2.45, 2.75) is 18.8 Å². The summed E-state index contributed by atoms with van der Waals surface area (Å²) >= 11 is 0. The Hall–Kier alpha value is -3.55. The molecule has 0 radical (unpaired) electrons. The molecule has 1 saturated carbocycles. The molecule has 1 aromatic heterocycles. The van der Waals surface area contributed by atoms with E-state index in [1.165, 1.54) is 12.1 Å². The van der Waals surface area contributed by atoms with Crippen LogP contribution < -0.4 is 4.90 Å². The number of nitro groups is 1. The lowest BCUT2D eigenvalue weighted by Gasteiger charge is -2.36. The van der Waals surface area contributed by atoms with Crippen molar-refractivity contribution in [3.8, 4) is 0 Å². The van der Waals surface area contributed by atoms with Gasteiger partial charge < -0.3 is 9.80 Å². The van der Waals surface area contributed by atoms with E-state index in [-0.39, 0.29) is 11.6 Å². The smallest absolute Gasteiger partial charge is 0.270 e. The quantitative estimate of drug-likeness (QED) is 0.490. The molecular weight excluding hydrogens is 382 g/mol. The first-order valence-electron chi connectivity index (χ1n) is 10.2. The Kier molecular flexibility index (Phi) is 4.54. The van der Waals surface area contributed by atoms with Crippen LogP contribution in [-0.4, -0.2) is 51.9 Å². The summed E-state index contributed by atoms with van der Waals surface area (Å²) < 4.78 is 0. The summed E-state index contributed by atoms with van der Waals surface area (Å²) in [5.41, 5.74) is 1.24. The highest BCUT2D eigenvalue weighted by Gasteiger charge is 2.30. The minimum Gasteiger partial charge on any atom is -0.352 e. The lowest BCUT2D eigenvalue weighted by Crippen LogP contribution is -2.49. The van der Waals surface area contributed by atoms with Crippen molar-refractivity contribution in [3.63, 3.8) is 0 Å². The lowest BCUT2D eigenvalue weighted by molar-refractivity contribution is -0.384. The zero-order chi connectivity index (χ0) is 20.7. The van der Waals surface area contributed by atoms with E-state index in [9.17, 15) is 14.9 Å². The van der Waals surface area contributed by atoms with E-state index in [1.54, 1.807) is 17.0 Å². The molecule has 1 aliphatic carbocycles. The molecule has 2 heterocycles. The van der Waals surface area contributed by atoms with Crippen molar-refractivity contribution in [1.29, 1.82) is 0 Å². The molecular formula is C22H21N5O3. The number of anilines is 1. The number of non-ortho nitro benzene ring substituents is 1. The summed E-state index contributed by atoms with van der Waals surface area (Å²) in [5.74, 6) is 2.14. The fraction of sp³-hybridized carbons (Fsp3) is 0.318. The largest absolute Gasteiger partial charge is 0.352 e. The molecule has 0 atom stereocenters. The summed E-state index contributed by atoms with van der Waals surface area (Å²) in [5, 5.41) is 12.0. The maximum absolute atomic E-state index is 12.8. The second-order valence-corrected chi connectivity index (χ2v) is 7.78. The molecule has 8 nitrogen and oxygen atoms in total. The number of carbonyl (C=O) groups is 1. The zero-order valence-corrected chi connectivity index (χ0v) is 16.4. The van der Waals surface area contributed by atoms with E-state index in [1.807, 2.05) is 24.3 Å². The van der Waals surface area contributed by atoms with Crippen molar-refractivity contribution in [1.82, 2.24) is 14.9 Å². The highest BCUT2D eigenvalue weighted by Crippen LogP contribution is 2.40. The molecule has 1 amide bonds. The van der Waals surface area contributed by atoms with Gasteiger partial charge in [-0.15, -0.1) is 0 Å². The first-order valence-corrected chi connectivity index (χ1v) is 10.2. The maximum atomic E-state index is 12.8. The van der Waals surface area contributed by atoms with Gasteiger partial charge in [0, 0.05) is 55.2 Å². The monoisotopic (exact) mass is 403 g/mol. The number of aromatic nitrogens is 2. The van der Waals surface area contributed by atoms with Crippen molar-refractivity contribution >= 4 is 28.3 Å². The van der Waals surface area contributed by atoms with Gasteiger partial charge in [-0.25, -0.2) is 9.97 Å². The van der Waals surface area contributed by atoms with Crippen LogP contribution in [0.25, 0.3) is 10.9 Å². The fourth-order valence-corrected chi connectivity index (χ4v) is 3.90. The van der Waals surface area contributed by atoms with Gasteiger partial charge in [0.25, 0.3) is 11.6 Å². The molecule has 152 valence electrons. The van der Waals surface area contributed by atoms with Gasteiger partial charge in [0.05, 0.1) is 10.4 Å². The molecule has 0 N–H and O–H groups in total. The molecule has 1 aliphatic heterocycles. The number of fused-ring (bicyclic) bond motifs is 1. The van der Waals surface area contributed by atoms with Crippen LogP contribution in [0.3, 0.4) is 0 Å². The average molecular weight is 403 g/mol. The van der Waals surface area contributed by atoms with Crippen molar-refractivity contribution < 1.29 is 9.72 Å². The second-order valence-electron chi connectivity index (χ2n) is 7.78. The van der Waals surface area contributed by atoms with Crippen LogP contribution in [0.2, 0.25) is 0 Å². The highest BCUT2D eigenvalue weighted by molar-refractivity contribution is 5.95. The van der Waals surface area contributed by atoms with Gasteiger partial charge >= 0.3 is 0 Å². The molecule has 8 heteroatoms. The topological polar surface area (TPSA) is 92.5 Å². The summed E-state index contributed by atoms with van der Waals surface area (Å²) in [7, 11) is 0. The van der Waals surface area contributed by atoms with Crippen LogP contribution in [0.15, 0.2) is 48.5 Å². The Morgan fingerprint density at radius 2 is 1.77 bits per heavy atom. The molecule has 2 fully saturated rings. The molecule has 1 saturated heterocycles. The molecule has 5 rings (SSSR count). The number of hydrogen-bond acceptors (Lipinski definition) is 6. The minimum atomic E-state index is -0.480. The Bertz CT molecular complexity index is 1140. The van der Waals surface area contributed by atoms with Crippen molar-refractivity contribution in [3.05, 3.63) is 70.0 Å². The maximum Gasteiger partial charge on any atom is 0.270 e. The molecule has 30 heavy (non-hydrogen) atoms. The number of benzene rings is 2. The van der Waals surface area contributed by atoms with Crippen LogP contribution in [-0.2, 0) is 0 Å². The Balaban J connectivity index is 1.36. The van der Waals surface area contributed by atoms with E-state index >= 15 is 0 Å². The molecule has 2 aliphatic rings. The number of carbonyl (C=O) groups excluding carboxylic acids is 1. The number of rotatable bonds is 4. The molecule has 2 aromatic carbocycles. The van der Waals surface area contributed by atoms with Gasteiger partial charge in [0.2, 0.25) is 0 Å². The third-order valence-corrected chi connectivity index (χ3v) is 5.71. The van der Waals surface area contributed by atoms with Crippen LogP contribution in [0.5, 0.6) is 0 Å². The van der Waals surface area contributed by atoms with Crippen LogP contribution in [0, 0.1) is 10.1 Å². The number of nitrogens with zero attached hydrogens (tertiary/aromatic N) is 5. The van der Waals surface area contributed by atoms with E-state index in [0.29, 0.717) is 37.7 Å². The van der Waals surface area contributed by atoms with Crippen molar-refractivity contribution in [2.24, 2.45) is 0 Å². The summed E-state index contributed by atoms with van der Waals surface area (Å²) in [4.78, 5) is 37.0. The van der Waals surface area contributed by atoms with E-state index in [0.717, 1.165) is 35.4 Å². The predicted octanol–water partition coefficient (Wildman–Crippen LogP) is 3.38. The number of hydrogen-bond donors (Lipinski definition) is 0. The van der Waals surface area contributed by atoms with Gasteiger partial charge in [-0.1, -0.05) is 18.2 Å².